The molecule has 182 valence electrons. The highest BCUT2D eigenvalue weighted by atomic mass is 19.1. The molecule has 4 aromatic rings. The van der Waals surface area contributed by atoms with Crippen molar-refractivity contribution < 1.29 is 18.7 Å². The number of benzene rings is 3. The van der Waals surface area contributed by atoms with Crippen LogP contribution in [0.5, 0.6) is 11.5 Å². The van der Waals surface area contributed by atoms with Crippen LogP contribution >= 0.6 is 0 Å². The van der Waals surface area contributed by atoms with E-state index in [0.717, 1.165) is 11.1 Å². The number of nitrogens with one attached hydrogen (secondary N) is 2. The summed E-state index contributed by atoms with van der Waals surface area (Å²) < 4.78 is 26.0. The number of hydrogen-bond donors (Lipinski definition) is 2. The molecule has 9 heteroatoms. The molecule has 3 aromatic carbocycles. The molecular weight excluding hydrogens is 461 g/mol. The van der Waals surface area contributed by atoms with Crippen molar-refractivity contribution in [3.63, 3.8) is 0 Å². The van der Waals surface area contributed by atoms with Crippen molar-refractivity contribution in [2.75, 3.05) is 17.7 Å². The van der Waals surface area contributed by atoms with E-state index in [1.54, 1.807) is 48.2 Å². The number of methoxy groups -OCH3 is 1. The van der Waals surface area contributed by atoms with Crippen molar-refractivity contribution >= 4 is 17.5 Å². The molecule has 1 aliphatic heterocycles. The highest BCUT2D eigenvalue weighted by molar-refractivity contribution is 6.06. The van der Waals surface area contributed by atoms with Crippen LogP contribution in [0.2, 0.25) is 0 Å². The predicted octanol–water partition coefficient (Wildman–Crippen LogP) is 4.93. The number of allylic oxidation sites excluding steroid dienone is 1. The lowest BCUT2D eigenvalue weighted by molar-refractivity contribution is -0.113. The quantitative estimate of drug-likeness (QED) is 0.386. The summed E-state index contributed by atoms with van der Waals surface area (Å²) in [7, 11) is 1.59. The molecule has 1 amide bonds. The molecule has 0 fully saturated rings. The zero-order chi connectivity index (χ0) is 25.1. The van der Waals surface area contributed by atoms with Gasteiger partial charge in [-0.05, 0) is 66.6 Å². The molecule has 8 nitrogen and oxygen atoms in total. The Hall–Kier alpha value is -4.66. The standard InChI is InChI=1S/C27H24FN5O3/c1-17-24(26(34)32-21-10-12-22(35-2)13-11-21)25(33-27(31-17)29-16-30-33)19-4-3-5-23(14-19)36-15-18-6-8-20(28)9-7-18/h3-14,16,25H,15H2,1-2H3,(H,32,34)(H,29,30,31)/t25-/m1/s1. The summed E-state index contributed by atoms with van der Waals surface area (Å²) >= 11 is 0. The van der Waals surface area contributed by atoms with Gasteiger partial charge in [0.05, 0.1) is 12.7 Å². The van der Waals surface area contributed by atoms with Gasteiger partial charge in [0, 0.05) is 11.4 Å². The van der Waals surface area contributed by atoms with Gasteiger partial charge in [0.25, 0.3) is 5.91 Å². The minimum atomic E-state index is -0.531. The molecule has 0 radical (unpaired) electrons. The van der Waals surface area contributed by atoms with Gasteiger partial charge in [0.15, 0.2) is 0 Å². The zero-order valence-corrected chi connectivity index (χ0v) is 19.7. The van der Waals surface area contributed by atoms with Gasteiger partial charge in [-0.1, -0.05) is 24.3 Å². The van der Waals surface area contributed by atoms with E-state index in [1.807, 2.05) is 31.2 Å². The Bertz CT molecular complexity index is 1410. The number of rotatable bonds is 7. The van der Waals surface area contributed by atoms with E-state index in [9.17, 15) is 9.18 Å². The van der Waals surface area contributed by atoms with Crippen molar-refractivity contribution in [2.45, 2.75) is 19.6 Å². The third kappa shape index (κ3) is 4.76. The van der Waals surface area contributed by atoms with E-state index in [1.165, 1.54) is 18.5 Å². The van der Waals surface area contributed by atoms with Gasteiger partial charge in [-0.15, -0.1) is 0 Å². The average Bonchev–Trinajstić information content (AvgIpc) is 3.36. The topological polar surface area (TPSA) is 90.3 Å². The number of fused-ring (bicyclic) bond motifs is 1. The molecule has 0 unspecified atom stereocenters. The fourth-order valence-corrected chi connectivity index (χ4v) is 4.09. The first-order valence-electron chi connectivity index (χ1n) is 11.3. The van der Waals surface area contributed by atoms with E-state index in [-0.39, 0.29) is 18.3 Å². The van der Waals surface area contributed by atoms with Crippen molar-refractivity contribution in [2.24, 2.45) is 0 Å². The number of aromatic nitrogens is 3. The number of anilines is 2. The third-order valence-corrected chi connectivity index (χ3v) is 5.88. The van der Waals surface area contributed by atoms with Gasteiger partial charge in [-0.25, -0.2) is 9.07 Å². The lowest BCUT2D eigenvalue weighted by Gasteiger charge is -2.29. The molecule has 0 aliphatic carbocycles. The van der Waals surface area contributed by atoms with Crippen molar-refractivity contribution in [3.05, 3.63) is 107 Å². The maximum absolute atomic E-state index is 13.5. The van der Waals surface area contributed by atoms with Crippen LogP contribution in [0.25, 0.3) is 0 Å². The van der Waals surface area contributed by atoms with Crippen molar-refractivity contribution in [3.8, 4) is 11.5 Å². The van der Waals surface area contributed by atoms with Crippen LogP contribution in [0.1, 0.15) is 24.1 Å². The first kappa shape index (κ1) is 23.1. The largest absolute Gasteiger partial charge is 0.497 e. The van der Waals surface area contributed by atoms with E-state index >= 15 is 0 Å². The fourth-order valence-electron chi connectivity index (χ4n) is 4.09. The van der Waals surface area contributed by atoms with E-state index in [4.69, 9.17) is 9.47 Å². The molecular formula is C27H24FN5O3. The summed E-state index contributed by atoms with van der Waals surface area (Å²) in [6, 6.07) is 20.3. The lowest BCUT2D eigenvalue weighted by atomic mass is 9.95. The SMILES string of the molecule is COc1ccc(NC(=O)C2=C(C)Nc3ncnn3[C@@H]2c2cccc(OCc3ccc(F)cc3)c2)cc1. The van der Waals surface area contributed by atoms with Gasteiger partial charge >= 0.3 is 0 Å². The Kier molecular flexibility index (Phi) is 6.36. The maximum atomic E-state index is 13.5. The van der Waals surface area contributed by atoms with Gasteiger partial charge in [-0.2, -0.15) is 10.1 Å². The monoisotopic (exact) mass is 485 g/mol. The van der Waals surface area contributed by atoms with E-state index < -0.39 is 6.04 Å². The smallest absolute Gasteiger partial charge is 0.255 e. The maximum Gasteiger partial charge on any atom is 0.255 e. The minimum Gasteiger partial charge on any atom is -0.497 e. The van der Waals surface area contributed by atoms with Crippen LogP contribution in [-0.2, 0) is 11.4 Å². The number of carbonyl (C=O) groups excluding carboxylic acids is 1. The second-order valence-corrected chi connectivity index (χ2v) is 8.26. The van der Waals surface area contributed by atoms with Crippen molar-refractivity contribution in [1.82, 2.24) is 14.8 Å². The predicted molar refractivity (Wildman–Crippen MR) is 133 cm³/mol. The first-order valence-corrected chi connectivity index (χ1v) is 11.3. The molecule has 2 heterocycles. The number of nitrogens with zero attached hydrogens (tertiary/aromatic N) is 3. The number of carbonyl (C=O) groups is 1. The first-order chi connectivity index (χ1) is 17.5. The van der Waals surface area contributed by atoms with Gasteiger partial charge < -0.3 is 20.1 Å². The Morgan fingerprint density at radius 2 is 1.86 bits per heavy atom. The Labute approximate surface area is 207 Å². The van der Waals surface area contributed by atoms with Crippen LogP contribution in [0, 0.1) is 5.82 Å². The fraction of sp³-hybridized carbons (Fsp3) is 0.148. The zero-order valence-electron chi connectivity index (χ0n) is 19.7. The number of ether oxygens (including phenoxy) is 2. The molecule has 2 N–H and O–H groups in total. The highest BCUT2D eigenvalue weighted by Gasteiger charge is 2.33. The average molecular weight is 486 g/mol. The van der Waals surface area contributed by atoms with E-state index in [2.05, 4.69) is 20.7 Å². The molecule has 0 saturated heterocycles. The minimum absolute atomic E-state index is 0.269. The normalized spacial score (nSPS) is 14.6. The van der Waals surface area contributed by atoms with Crippen LogP contribution in [0.3, 0.4) is 0 Å². The summed E-state index contributed by atoms with van der Waals surface area (Å²) in [5.74, 6) is 1.29. The van der Waals surface area contributed by atoms with Gasteiger partial charge in [0.2, 0.25) is 5.95 Å². The van der Waals surface area contributed by atoms with Crippen LogP contribution in [0.4, 0.5) is 16.0 Å². The Balaban J connectivity index is 1.43. The summed E-state index contributed by atoms with van der Waals surface area (Å²) in [5.41, 5.74) is 3.46. The summed E-state index contributed by atoms with van der Waals surface area (Å²) in [5, 5.41) is 10.5. The van der Waals surface area contributed by atoms with Crippen LogP contribution in [0.15, 0.2) is 90.4 Å². The molecule has 5 rings (SSSR count). The summed E-state index contributed by atoms with van der Waals surface area (Å²) in [4.78, 5) is 17.8. The molecule has 1 aromatic heterocycles. The highest BCUT2D eigenvalue weighted by Crippen LogP contribution is 2.36. The van der Waals surface area contributed by atoms with Crippen LogP contribution < -0.4 is 20.1 Å². The van der Waals surface area contributed by atoms with Crippen molar-refractivity contribution in [1.29, 1.82) is 0 Å². The molecule has 0 bridgehead atoms. The number of halogens is 1. The molecule has 1 aliphatic rings. The summed E-state index contributed by atoms with van der Waals surface area (Å²) in [6.45, 7) is 2.12. The van der Waals surface area contributed by atoms with E-state index in [0.29, 0.717) is 34.4 Å². The molecule has 36 heavy (non-hydrogen) atoms. The summed E-state index contributed by atoms with van der Waals surface area (Å²) in [6.07, 6.45) is 1.45. The third-order valence-electron chi connectivity index (χ3n) is 5.88. The lowest BCUT2D eigenvalue weighted by Crippen LogP contribution is -2.31. The number of amides is 1. The second-order valence-electron chi connectivity index (χ2n) is 8.26. The Morgan fingerprint density at radius 1 is 1.08 bits per heavy atom. The molecule has 1 atom stereocenters. The van der Waals surface area contributed by atoms with Gasteiger partial charge in [0.1, 0.15) is 36.3 Å². The van der Waals surface area contributed by atoms with Crippen LogP contribution in [-0.4, -0.2) is 27.8 Å². The van der Waals surface area contributed by atoms with Gasteiger partial charge in [-0.3, -0.25) is 4.79 Å². The number of hydrogen-bond acceptors (Lipinski definition) is 6. The Morgan fingerprint density at radius 3 is 2.61 bits per heavy atom. The second kappa shape index (κ2) is 9.91. The molecule has 0 spiro atoms. The molecule has 0 saturated carbocycles.